The number of aromatic nitrogens is 1. The number of aliphatic hydroxyl groups excluding tert-OH is 1. The van der Waals surface area contributed by atoms with E-state index in [1.54, 1.807) is 12.1 Å². The zero-order valence-electron chi connectivity index (χ0n) is 8.42. The van der Waals surface area contributed by atoms with E-state index in [1.165, 1.54) is 6.07 Å². The van der Waals surface area contributed by atoms with Crippen molar-refractivity contribution in [2.75, 3.05) is 0 Å². The molecule has 0 fully saturated rings. The number of pyridine rings is 1. The lowest BCUT2D eigenvalue weighted by atomic mass is 10.1. The molecule has 6 heteroatoms. The molecule has 0 saturated heterocycles. The van der Waals surface area contributed by atoms with E-state index >= 15 is 0 Å². The number of aliphatic hydroxyl groups is 1. The van der Waals surface area contributed by atoms with Gasteiger partial charge < -0.3 is 5.11 Å². The Bertz CT molecular complexity index is 568. The fourth-order valence-corrected chi connectivity index (χ4v) is 2.01. The third kappa shape index (κ3) is 2.42. The number of halogens is 4. The van der Waals surface area contributed by atoms with Crippen LogP contribution in [0.3, 0.4) is 0 Å². The van der Waals surface area contributed by atoms with Crippen LogP contribution in [0, 0.1) is 0 Å². The summed E-state index contributed by atoms with van der Waals surface area (Å²) in [4.78, 5) is 3.55. The van der Waals surface area contributed by atoms with Gasteiger partial charge in [0.05, 0.1) is 12.1 Å². The third-order valence-corrected chi connectivity index (χ3v) is 2.95. The number of hydrogen-bond donors (Lipinski definition) is 1. The molecule has 0 amide bonds. The monoisotopic (exact) mass is 305 g/mol. The average Bonchev–Trinajstić information content (AvgIpc) is 2.27. The van der Waals surface area contributed by atoms with Gasteiger partial charge in [-0.05, 0) is 23.8 Å². The Balaban J connectivity index is 2.68. The van der Waals surface area contributed by atoms with Gasteiger partial charge in [-0.3, -0.25) is 0 Å². The van der Waals surface area contributed by atoms with Crippen LogP contribution in [0.2, 0.25) is 0 Å². The first-order chi connectivity index (χ1) is 7.91. The molecule has 0 aliphatic carbocycles. The Morgan fingerprint density at radius 1 is 1.24 bits per heavy atom. The summed E-state index contributed by atoms with van der Waals surface area (Å²) in [7, 11) is 0. The van der Waals surface area contributed by atoms with Gasteiger partial charge in [0, 0.05) is 9.86 Å². The number of nitrogens with zero attached hydrogens (tertiary/aromatic N) is 1. The second-order valence-corrected chi connectivity index (χ2v) is 4.35. The average molecular weight is 306 g/mol. The zero-order valence-corrected chi connectivity index (χ0v) is 10.0. The first kappa shape index (κ1) is 12.3. The molecule has 90 valence electrons. The van der Waals surface area contributed by atoms with Crippen LogP contribution in [0.4, 0.5) is 13.2 Å². The van der Waals surface area contributed by atoms with Crippen molar-refractivity contribution in [1.29, 1.82) is 0 Å². The molecule has 0 aliphatic heterocycles. The molecule has 0 aliphatic rings. The second kappa shape index (κ2) is 4.27. The molecule has 1 aromatic carbocycles. The fourth-order valence-electron chi connectivity index (χ4n) is 1.48. The minimum absolute atomic E-state index is 0.163. The molecular formula is C11H7BrF3NO. The topological polar surface area (TPSA) is 33.1 Å². The van der Waals surface area contributed by atoms with Gasteiger partial charge in [0.15, 0.2) is 0 Å². The van der Waals surface area contributed by atoms with Gasteiger partial charge in [-0.15, -0.1) is 0 Å². The highest BCUT2D eigenvalue weighted by molar-refractivity contribution is 9.10. The molecular weight excluding hydrogens is 299 g/mol. The summed E-state index contributed by atoms with van der Waals surface area (Å²) < 4.78 is 37.9. The molecule has 1 aromatic heterocycles. The molecule has 2 rings (SSSR count). The van der Waals surface area contributed by atoms with Gasteiger partial charge in [-0.2, -0.15) is 13.2 Å². The van der Waals surface area contributed by atoms with Crippen LogP contribution in [-0.2, 0) is 12.8 Å². The van der Waals surface area contributed by atoms with Crippen LogP contribution in [-0.4, -0.2) is 10.1 Å². The van der Waals surface area contributed by atoms with Crippen molar-refractivity contribution < 1.29 is 18.3 Å². The lowest BCUT2D eigenvalue weighted by molar-refractivity contribution is -0.141. The largest absolute Gasteiger partial charge is 0.433 e. The Hall–Kier alpha value is -1.14. The van der Waals surface area contributed by atoms with Gasteiger partial charge in [0.1, 0.15) is 5.69 Å². The van der Waals surface area contributed by atoms with E-state index in [0.29, 0.717) is 15.4 Å². The van der Waals surface area contributed by atoms with Crippen LogP contribution in [0.15, 0.2) is 28.7 Å². The van der Waals surface area contributed by atoms with Crippen LogP contribution >= 0.6 is 15.9 Å². The van der Waals surface area contributed by atoms with Gasteiger partial charge >= 0.3 is 6.18 Å². The standard InChI is InChI=1S/C11H7BrF3NO/c12-8-4-10(11(13,14)15)16-9-2-1-6(5-17)3-7(8)9/h1-4,17H,5H2. The first-order valence-corrected chi connectivity index (χ1v) is 5.48. The van der Waals surface area contributed by atoms with Gasteiger partial charge in [0.25, 0.3) is 0 Å². The second-order valence-electron chi connectivity index (χ2n) is 3.50. The van der Waals surface area contributed by atoms with E-state index in [-0.39, 0.29) is 12.1 Å². The molecule has 0 saturated carbocycles. The highest BCUT2D eigenvalue weighted by Crippen LogP contribution is 2.33. The molecule has 0 radical (unpaired) electrons. The van der Waals surface area contributed by atoms with Crippen LogP contribution in [0.25, 0.3) is 10.9 Å². The molecule has 0 unspecified atom stereocenters. The Morgan fingerprint density at radius 2 is 1.94 bits per heavy atom. The van der Waals surface area contributed by atoms with E-state index in [0.717, 1.165) is 6.07 Å². The third-order valence-electron chi connectivity index (χ3n) is 2.30. The maximum absolute atomic E-state index is 12.5. The van der Waals surface area contributed by atoms with Crippen molar-refractivity contribution in [2.24, 2.45) is 0 Å². The van der Waals surface area contributed by atoms with Crippen molar-refractivity contribution in [3.05, 3.63) is 40.0 Å². The van der Waals surface area contributed by atoms with E-state index in [4.69, 9.17) is 5.11 Å². The Morgan fingerprint density at radius 3 is 2.53 bits per heavy atom. The van der Waals surface area contributed by atoms with E-state index in [2.05, 4.69) is 20.9 Å². The lowest BCUT2D eigenvalue weighted by Crippen LogP contribution is -2.08. The van der Waals surface area contributed by atoms with E-state index in [9.17, 15) is 13.2 Å². The van der Waals surface area contributed by atoms with Gasteiger partial charge in [-0.1, -0.05) is 22.0 Å². The Kier molecular flexibility index (Phi) is 3.09. The van der Waals surface area contributed by atoms with Crippen molar-refractivity contribution in [2.45, 2.75) is 12.8 Å². The van der Waals surface area contributed by atoms with Crippen molar-refractivity contribution in [3.8, 4) is 0 Å². The molecule has 1 N–H and O–H groups in total. The molecule has 2 nitrogen and oxygen atoms in total. The highest BCUT2D eigenvalue weighted by atomic mass is 79.9. The molecule has 2 aromatic rings. The zero-order chi connectivity index (χ0) is 12.6. The summed E-state index contributed by atoms with van der Waals surface area (Å²) in [5.41, 5.74) is -0.0720. The van der Waals surface area contributed by atoms with Crippen molar-refractivity contribution in [1.82, 2.24) is 4.98 Å². The SMILES string of the molecule is OCc1ccc2nc(C(F)(F)F)cc(Br)c2c1. The Labute approximate surface area is 103 Å². The fraction of sp³-hybridized carbons (Fsp3) is 0.182. The number of benzene rings is 1. The molecule has 1 heterocycles. The summed E-state index contributed by atoms with van der Waals surface area (Å²) in [6.07, 6.45) is -4.47. The number of fused-ring (bicyclic) bond motifs is 1. The van der Waals surface area contributed by atoms with Crippen molar-refractivity contribution in [3.63, 3.8) is 0 Å². The van der Waals surface area contributed by atoms with Gasteiger partial charge in [0.2, 0.25) is 0 Å². The number of hydrogen-bond acceptors (Lipinski definition) is 2. The van der Waals surface area contributed by atoms with Crippen molar-refractivity contribution >= 4 is 26.8 Å². The first-order valence-electron chi connectivity index (χ1n) is 4.69. The lowest BCUT2D eigenvalue weighted by Gasteiger charge is -2.09. The number of alkyl halides is 3. The van der Waals surface area contributed by atoms with E-state index in [1.807, 2.05) is 0 Å². The van der Waals surface area contributed by atoms with Crippen LogP contribution in [0.1, 0.15) is 11.3 Å². The molecule has 0 spiro atoms. The van der Waals surface area contributed by atoms with Crippen LogP contribution < -0.4 is 0 Å². The quantitative estimate of drug-likeness (QED) is 0.874. The van der Waals surface area contributed by atoms with Gasteiger partial charge in [-0.25, -0.2) is 4.98 Å². The minimum Gasteiger partial charge on any atom is -0.392 e. The summed E-state index contributed by atoms with van der Waals surface area (Å²) in [5, 5.41) is 9.50. The maximum Gasteiger partial charge on any atom is 0.433 e. The van der Waals surface area contributed by atoms with Crippen LogP contribution in [0.5, 0.6) is 0 Å². The molecule has 0 bridgehead atoms. The number of rotatable bonds is 1. The predicted molar refractivity (Wildman–Crippen MR) is 60.4 cm³/mol. The van der Waals surface area contributed by atoms with E-state index < -0.39 is 11.9 Å². The maximum atomic E-state index is 12.5. The minimum atomic E-state index is -4.47. The smallest absolute Gasteiger partial charge is 0.392 e. The molecule has 0 atom stereocenters. The summed E-state index contributed by atoms with van der Waals surface area (Å²) in [6.45, 7) is -0.163. The summed E-state index contributed by atoms with van der Waals surface area (Å²) >= 11 is 3.08. The summed E-state index contributed by atoms with van der Waals surface area (Å²) in [5.74, 6) is 0. The normalized spacial score (nSPS) is 12.1. The predicted octanol–water partition coefficient (Wildman–Crippen LogP) is 3.51. The molecule has 17 heavy (non-hydrogen) atoms. The summed E-state index contributed by atoms with van der Waals surface area (Å²) in [6, 6.07) is 5.54. The highest BCUT2D eigenvalue weighted by Gasteiger charge is 2.33.